The van der Waals surface area contributed by atoms with Crippen LogP contribution in [-0.2, 0) is 20.1 Å². The topological polar surface area (TPSA) is 107 Å². The molecule has 0 amide bonds. The summed E-state index contributed by atoms with van der Waals surface area (Å²) >= 11 is 6.03. The number of alkyl halides is 2. The second kappa shape index (κ2) is 10.9. The van der Waals surface area contributed by atoms with Crippen LogP contribution in [0.2, 0.25) is 5.02 Å². The van der Waals surface area contributed by atoms with Crippen LogP contribution in [0.3, 0.4) is 0 Å². The second-order valence-corrected chi connectivity index (χ2v) is 9.10. The van der Waals surface area contributed by atoms with Gasteiger partial charge in [-0.2, -0.15) is 8.78 Å². The number of nitrogens with zero attached hydrogens (tertiary/aromatic N) is 3. The third kappa shape index (κ3) is 5.70. The number of aliphatic hydroxyl groups excluding tert-OH is 1. The van der Waals surface area contributed by atoms with Crippen LogP contribution in [0.1, 0.15) is 18.9 Å². The summed E-state index contributed by atoms with van der Waals surface area (Å²) in [5, 5.41) is 12.8. The van der Waals surface area contributed by atoms with Gasteiger partial charge in [-0.15, -0.1) is 0 Å². The molecule has 204 valence electrons. The van der Waals surface area contributed by atoms with Gasteiger partial charge >= 0.3 is 11.8 Å². The van der Waals surface area contributed by atoms with Gasteiger partial charge in [-0.1, -0.05) is 23.7 Å². The van der Waals surface area contributed by atoms with E-state index in [1.54, 1.807) is 29.2 Å². The van der Waals surface area contributed by atoms with E-state index in [0.29, 0.717) is 11.9 Å². The highest BCUT2D eigenvalue weighted by molar-refractivity contribution is 6.30. The molecule has 4 rings (SSSR count). The fourth-order valence-corrected chi connectivity index (χ4v) is 4.22. The summed E-state index contributed by atoms with van der Waals surface area (Å²) in [6.07, 6.45) is -4.25. The number of methoxy groups -OCH3 is 1. The van der Waals surface area contributed by atoms with E-state index in [-0.39, 0.29) is 54.9 Å². The van der Waals surface area contributed by atoms with Gasteiger partial charge in [-0.05, 0) is 36.2 Å². The fourth-order valence-electron chi connectivity index (χ4n) is 4.10. The Morgan fingerprint density at radius 1 is 1.13 bits per heavy atom. The van der Waals surface area contributed by atoms with Gasteiger partial charge in [0, 0.05) is 44.8 Å². The quantitative estimate of drug-likeness (QED) is 0.394. The first kappa shape index (κ1) is 27.3. The molecule has 3 aromatic rings. The molecule has 10 nitrogen and oxygen atoms in total. The van der Waals surface area contributed by atoms with Gasteiger partial charge in [-0.3, -0.25) is 13.9 Å². The lowest BCUT2D eigenvalue weighted by Crippen LogP contribution is -2.43. The molecule has 1 atom stereocenters. The molecule has 1 aliphatic rings. The normalized spacial score (nSPS) is 14.7. The highest BCUT2D eigenvalue weighted by atomic mass is 35.5. The molecule has 1 aliphatic heterocycles. The molecule has 2 heterocycles. The van der Waals surface area contributed by atoms with E-state index in [1.807, 2.05) is 0 Å². The molecule has 0 saturated carbocycles. The standard InChI is InChI=1S/C25H27ClF2N4O6/c1-25(27,28)38-17-9-10-18(36-3)19(13-17)37-23-29-21-20(32(23)14-15-5-7-16(26)8-6-15)22(34)31(11-4-12-33)24(35)30(21)2/h5-10,13,23,29,33H,4,11-12,14H2,1-3H3. The average Bonchev–Trinajstić information content (AvgIpc) is 3.21. The first-order valence-electron chi connectivity index (χ1n) is 11.7. The van der Waals surface area contributed by atoms with Crippen molar-refractivity contribution in [3.63, 3.8) is 0 Å². The maximum absolute atomic E-state index is 13.5. The third-order valence-electron chi connectivity index (χ3n) is 5.83. The molecule has 0 saturated heterocycles. The lowest BCUT2D eigenvalue weighted by molar-refractivity contribution is -0.159. The highest BCUT2D eigenvalue weighted by Crippen LogP contribution is 2.38. The van der Waals surface area contributed by atoms with E-state index in [1.165, 1.54) is 36.9 Å². The Balaban J connectivity index is 1.79. The number of aromatic nitrogens is 2. The lowest BCUT2D eigenvalue weighted by Gasteiger charge is -2.27. The van der Waals surface area contributed by atoms with Crippen molar-refractivity contribution in [1.82, 2.24) is 9.13 Å². The first-order chi connectivity index (χ1) is 18.0. The van der Waals surface area contributed by atoms with Gasteiger partial charge < -0.3 is 29.5 Å². The number of benzene rings is 2. The van der Waals surface area contributed by atoms with E-state index in [0.717, 1.165) is 10.1 Å². The van der Waals surface area contributed by atoms with Crippen LogP contribution in [0.15, 0.2) is 52.1 Å². The Kier molecular flexibility index (Phi) is 7.83. The molecular formula is C25H27ClF2N4O6. The number of hydrogen-bond donors (Lipinski definition) is 2. The SMILES string of the molecule is COc1ccc(OC(C)(F)F)cc1OC1Nc2c(c(=O)n(CCCO)c(=O)n2C)N1Cc1ccc(Cl)cc1. The summed E-state index contributed by atoms with van der Waals surface area (Å²) in [4.78, 5) is 28.0. The molecule has 2 aromatic carbocycles. The van der Waals surface area contributed by atoms with Crippen molar-refractivity contribution >= 4 is 23.1 Å². The minimum atomic E-state index is -3.42. The largest absolute Gasteiger partial charge is 0.493 e. The molecule has 0 radical (unpaired) electrons. The number of halogens is 3. The monoisotopic (exact) mass is 552 g/mol. The summed E-state index contributed by atoms with van der Waals surface area (Å²) in [5.41, 5.74) is -0.197. The molecule has 1 unspecified atom stereocenters. The summed E-state index contributed by atoms with van der Waals surface area (Å²) < 4.78 is 45.5. The van der Waals surface area contributed by atoms with Crippen molar-refractivity contribution in [2.45, 2.75) is 38.9 Å². The zero-order chi connectivity index (χ0) is 27.6. The Hall–Kier alpha value is -3.77. The number of hydrogen-bond acceptors (Lipinski definition) is 8. The minimum Gasteiger partial charge on any atom is -0.493 e. The van der Waals surface area contributed by atoms with Crippen LogP contribution in [0, 0.1) is 0 Å². The van der Waals surface area contributed by atoms with Crippen molar-refractivity contribution in [2.75, 3.05) is 23.9 Å². The molecule has 0 aliphatic carbocycles. The molecule has 0 fully saturated rings. The van der Waals surface area contributed by atoms with Gasteiger partial charge in [0.15, 0.2) is 11.5 Å². The van der Waals surface area contributed by atoms with E-state index < -0.39 is 23.7 Å². The van der Waals surface area contributed by atoms with Gasteiger partial charge in [0.25, 0.3) is 11.9 Å². The van der Waals surface area contributed by atoms with Gasteiger partial charge in [-0.25, -0.2) is 4.79 Å². The zero-order valence-electron chi connectivity index (χ0n) is 20.9. The number of rotatable bonds is 10. The summed E-state index contributed by atoms with van der Waals surface area (Å²) in [7, 11) is 2.90. The van der Waals surface area contributed by atoms with Gasteiger partial charge in [0.2, 0.25) is 0 Å². The number of anilines is 2. The fraction of sp³-hybridized carbons (Fsp3) is 0.360. The molecule has 0 bridgehead atoms. The average molecular weight is 553 g/mol. The van der Waals surface area contributed by atoms with Crippen LogP contribution in [0.25, 0.3) is 0 Å². The predicted octanol–water partition coefficient (Wildman–Crippen LogP) is 3.38. The number of fused-ring (bicyclic) bond motifs is 1. The summed E-state index contributed by atoms with van der Waals surface area (Å²) in [6, 6.07) is 10.9. The van der Waals surface area contributed by atoms with E-state index in [4.69, 9.17) is 21.1 Å². The smallest absolute Gasteiger partial charge is 0.394 e. The number of ether oxygens (including phenoxy) is 3. The predicted molar refractivity (Wildman–Crippen MR) is 138 cm³/mol. The molecule has 1 aromatic heterocycles. The van der Waals surface area contributed by atoms with E-state index >= 15 is 0 Å². The van der Waals surface area contributed by atoms with Crippen LogP contribution in [-0.4, -0.2) is 40.4 Å². The van der Waals surface area contributed by atoms with Gasteiger partial charge in [0.05, 0.1) is 7.11 Å². The maximum Gasteiger partial charge on any atom is 0.394 e. The summed E-state index contributed by atoms with van der Waals surface area (Å²) in [6.45, 7) is 0.609. The second-order valence-electron chi connectivity index (χ2n) is 8.66. The Bertz CT molecular complexity index is 1420. The van der Waals surface area contributed by atoms with Crippen molar-refractivity contribution in [2.24, 2.45) is 7.05 Å². The Morgan fingerprint density at radius 2 is 1.84 bits per heavy atom. The number of aliphatic hydroxyl groups is 1. The van der Waals surface area contributed by atoms with Crippen LogP contribution < -0.4 is 35.7 Å². The zero-order valence-corrected chi connectivity index (χ0v) is 21.7. The summed E-state index contributed by atoms with van der Waals surface area (Å²) in [5.74, 6) is 0.346. The molecule has 38 heavy (non-hydrogen) atoms. The van der Waals surface area contributed by atoms with Crippen molar-refractivity contribution in [1.29, 1.82) is 0 Å². The highest BCUT2D eigenvalue weighted by Gasteiger charge is 2.37. The van der Waals surface area contributed by atoms with Crippen molar-refractivity contribution < 1.29 is 28.1 Å². The third-order valence-corrected chi connectivity index (χ3v) is 6.08. The van der Waals surface area contributed by atoms with E-state index in [9.17, 15) is 23.5 Å². The molecule has 0 spiro atoms. The van der Waals surface area contributed by atoms with Crippen LogP contribution in [0.4, 0.5) is 20.3 Å². The lowest BCUT2D eigenvalue weighted by atomic mass is 10.2. The Morgan fingerprint density at radius 3 is 2.47 bits per heavy atom. The van der Waals surface area contributed by atoms with Gasteiger partial charge in [0.1, 0.15) is 17.3 Å². The van der Waals surface area contributed by atoms with Crippen molar-refractivity contribution in [3.05, 3.63) is 73.9 Å². The Labute approximate surface area is 221 Å². The van der Waals surface area contributed by atoms with Crippen LogP contribution in [0.5, 0.6) is 17.2 Å². The molecular weight excluding hydrogens is 526 g/mol. The molecule has 13 heteroatoms. The first-order valence-corrected chi connectivity index (χ1v) is 12.0. The number of nitrogens with one attached hydrogen (secondary N) is 1. The minimum absolute atomic E-state index is 0.0219. The van der Waals surface area contributed by atoms with E-state index in [2.05, 4.69) is 10.1 Å². The maximum atomic E-state index is 13.5. The van der Waals surface area contributed by atoms with Crippen molar-refractivity contribution in [3.8, 4) is 17.2 Å². The van der Waals surface area contributed by atoms with Crippen LogP contribution >= 0.6 is 11.6 Å². The molecule has 2 N–H and O–H groups in total.